The molecule has 2 aromatic heterocycles. The number of nitrogens with zero attached hydrogens (tertiary/aromatic N) is 4. The van der Waals surface area contributed by atoms with Gasteiger partial charge in [-0.05, 0) is 34.0 Å². The average Bonchev–Trinajstić information content (AvgIpc) is 3.29. The minimum absolute atomic E-state index is 0.0611. The number of nitrogens with two attached hydrogens (primary N) is 1. The van der Waals surface area contributed by atoms with Crippen LogP contribution in [0.2, 0.25) is 0 Å². The molecule has 0 bridgehead atoms. The van der Waals surface area contributed by atoms with Crippen LogP contribution in [0.4, 0.5) is 5.00 Å². The summed E-state index contributed by atoms with van der Waals surface area (Å²) in [5.74, 6) is -0.217. The summed E-state index contributed by atoms with van der Waals surface area (Å²) in [6.07, 6.45) is 0. The van der Waals surface area contributed by atoms with Crippen LogP contribution in [0.5, 0.6) is 5.75 Å². The molecule has 0 fully saturated rings. The van der Waals surface area contributed by atoms with Crippen LogP contribution in [-0.4, -0.2) is 44.9 Å². The highest BCUT2D eigenvalue weighted by Gasteiger charge is 2.16. The normalized spacial score (nSPS) is 10.5. The van der Waals surface area contributed by atoms with Gasteiger partial charge in [0.1, 0.15) is 16.4 Å². The quantitative estimate of drug-likeness (QED) is 0.587. The molecule has 0 spiro atoms. The number of rotatable bonds is 7. The van der Waals surface area contributed by atoms with Gasteiger partial charge in [-0.15, -0.1) is 16.4 Å². The van der Waals surface area contributed by atoms with E-state index in [1.807, 2.05) is 18.2 Å². The largest absolute Gasteiger partial charge is 0.494 e. The number of amides is 2. The second-order valence-corrected chi connectivity index (χ2v) is 6.77. The molecule has 0 radical (unpaired) electrons. The van der Waals surface area contributed by atoms with Crippen LogP contribution < -0.4 is 15.8 Å². The van der Waals surface area contributed by atoms with Crippen molar-refractivity contribution < 1.29 is 14.3 Å². The van der Waals surface area contributed by atoms with Gasteiger partial charge in [0.25, 0.3) is 5.91 Å². The third kappa shape index (κ3) is 3.83. The SMILES string of the molecule is COc1ccccc1-n1nnnc1SCC(=O)Nc1sccc1C(N)=O. The van der Waals surface area contributed by atoms with Gasteiger partial charge in [0.15, 0.2) is 0 Å². The number of tetrazole rings is 1. The van der Waals surface area contributed by atoms with Gasteiger partial charge < -0.3 is 15.8 Å². The number of aromatic nitrogens is 4. The maximum atomic E-state index is 12.2. The first-order chi connectivity index (χ1) is 12.6. The number of ether oxygens (including phenoxy) is 1. The van der Waals surface area contributed by atoms with Crippen molar-refractivity contribution in [3.8, 4) is 11.4 Å². The Morgan fingerprint density at radius 1 is 1.35 bits per heavy atom. The number of benzene rings is 1. The summed E-state index contributed by atoms with van der Waals surface area (Å²) in [5.41, 5.74) is 6.22. The van der Waals surface area contributed by atoms with Crippen molar-refractivity contribution in [2.24, 2.45) is 5.73 Å². The van der Waals surface area contributed by atoms with Gasteiger partial charge in [-0.3, -0.25) is 9.59 Å². The van der Waals surface area contributed by atoms with Crippen LogP contribution in [0.25, 0.3) is 5.69 Å². The number of methoxy groups -OCH3 is 1. The predicted octanol–water partition coefficient (Wildman–Crippen LogP) is 1.56. The Labute approximate surface area is 156 Å². The van der Waals surface area contributed by atoms with Gasteiger partial charge in [0.05, 0.1) is 18.4 Å². The molecule has 0 aliphatic heterocycles. The molecule has 26 heavy (non-hydrogen) atoms. The minimum Gasteiger partial charge on any atom is -0.494 e. The maximum absolute atomic E-state index is 12.2. The number of nitrogens with one attached hydrogen (secondary N) is 1. The van der Waals surface area contributed by atoms with Gasteiger partial charge in [-0.2, -0.15) is 4.68 Å². The Morgan fingerprint density at radius 2 is 2.15 bits per heavy atom. The van der Waals surface area contributed by atoms with Gasteiger partial charge >= 0.3 is 0 Å². The number of carbonyl (C=O) groups is 2. The van der Waals surface area contributed by atoms with Gasteiger partial charge in [-0.25, -0.2) is 0 Å². The summed E-state index contributed by atoms with van der Waals surface area (Å²) in [6.45, 7) is 0. The Bertz CT molecular complexity index is 939. The molecule has 3 aromatic rings. The van der Waals surface area contributed by atoms with Crippen molar-refractivity contribution in [3.63, 3.8) is 0 Å². The lowest BCUT2D eigenvalue weighted by atomic mass is 10.3. The van der Waals surface area contributed by atoms with Gasteiger partial charge in [-0.1, -0.05) is 23.9 Å². The number of anilines is 1. The minimum atomic E-state index is -0.589. The summed E-state index contributed by atoms with van der Waals surface area (Å²) in [7, 11) is 1.56. The Hall–Kier alpha value is -2.92. The first kappa shape index (κ1) is 17.9. The molecule has 11 heteroatoms. The van der Waals surface area contributed by atoms with E-state index in [2.05, 4.69) is 20.8 Å². The Kier molecular flexibility index (Phi) is 5.49. The van der Waals surface area contributed by atoms with Crippen LogP contribution in [0.15, 0.2) is 40.9 Å². The highest BCUT2D eigenvalue weighted by molar-refractivity contribution is 7.99. The molecule has 0 saturated carbocycles. The van der Waals surface area contributed by atoms with Crippen LogP contribution in [-0.2, 0) is 4.79 Å². The molecule has 3 rings (SSSR count). The van der Waals surface area contributed by atoms with E-state index in [1.165, 1.54) is 16.0 Å². The average molecular weight is 390 g/mol. The number of para-hydroxylation sites is 2. The van der Waals surface area contributed by atoms with Crippen molar-refractivity contribution in [2.45, 2.75) is 5.16 Å². The second-order valence-electron chi connectivity index (χ2n) is 4.91. The van der Waals surface area contributed by atoms with E-state index in [-0.39, 0.29) is 17.2 Å². The van der Waals surface area contributed by atoms with E-state index in [4.69, 9.17) is 10.5 Å². The summed E-state index contributed by atoms with van der Waals surface area (Å²) in [6, 6.07) is 8.84. The number of hydrogen-bond acceptors (Lipinski definition) is 8. The summed E-state index contributed by atoms with van der Waals surface area (Å²) in [4.78, 5) is 23.5. The summed E-state index contributed by atoms with van der Waals surface area (Å²) >= 11 is 2.39. The van der Waals surface area contributed by atoms with Crippen molar-refractivity contribution in [3.05, 3.63) is 41.3 Å². The van der Waals surface area contributed by atoms with Crippen LogP contribution in [0.3, 0.4) is 0 Å². The third-order valence-corrected chi connectivity index (χ3v) is 5.02. The number of carbonyl (C=O) groups excluding carboxylic acids is 2. The monoisotopic (exact) mass is 390 g/mol. The predicted molar refractivity (Wildman–Crippen MR) is 97.9 cm³/mol. The van der Waals surface area contributed by atoms with Crippen molar-refractivity contribution in [1.82, 2.24) is 20.2 Å². The van der Waals surface area contributed by atoms with E-state index in [0.717, 1.165) is 11.8 Å². The molecular weight excluding hydrogens is 376 g/mol. The summed E-state index contributed by atoms with van der Waals surface area (Å²) in [5, 5.41) is 16.8. The molecule has 0 aliphatic carbocycles. The maximum Gasteiger partial charge on any atom is 0.251 e. The fraction of sp³-hybridized carbons (Fsp3) is 0.133. The zero-order valence-electron chi connectivity index (χ0n) is 13.6. The van der Waals surface area contributed by atoms with E-state index in [9.17, 15) is 9.59 Å². The molecule has 2 amide bonds. The molecule has 1 aromatic carbocycles. The van der Waals surface area contributed by atoms with Crippen molar-refractivity contribution >= 4 is 39.9 Å². The number of thiophene rings is 1. The van der Waals surface area contributed by atoms with Gasteiger partial charge in [0, 0.05) is 0 Å². The number of thioether (sulfide) groups is 1. The molecule has 3 N–H and O–H groups in total. The first-order valence-corrected chi connectivity index (χ1v) is 9.18. The van der Waals surface area contributed by atoms with E-state index < -0.39 is 5.91 Å². The molecule has 0 saturated heterocycles. The second kappa shape index (κ2) is 7.97. The summed E-state index contributed by atoms with van der Waals surface area (Å²) < 4.78 is 6.80. The highest BCUT2D eigenvalue weighted by atomic mass is 32.2. The molecule has 134 valence electrons. The molecule has 2 heterocycles. The fourth-order valence-electron chi connectivity index (χ4n) is 2.12. The van der Waals surface area contributed by atoms with E-state index in [1.54, 1.807) is 24.6 Å². The molecular formula is C15H14N6O3S2. The molecule has 9 nitrogen and oxygen atoms in total. The number of hydrogen-bond donors (Lipinski definition) is 2. The lowest BCUT2D eigenvalue weighted by Crippen LogP contribution is -2.18. The highest BCUT2D eigenvalue weighted by Crippen LogP contribution is 2.26. The lowest BCUT2D eigenvalue weighted by Gasteiger charge is -2.09. The van der Waals surface area contributed by atoms with E-state index in [0.29, 0.717) is 21.6 Å². The number of primary amides is 1. The topological polar surface area (TPSA) is 125 Å². The third-order valence-electron chi connectivity index (χ3n) is 3.27. The van der Waals surface area contributed by atoms with Crippen LogP contribution in [0.1, 0.15) is 10.4 Å². The van der Waals surface area contributed by atoms with Gasteiger partial charge in [0.2, 0.25) is 11.1 Å². The molecule has 0 atom stereocenters. The Morgan fingerprint density at radius 3 is 2.92 bits per heavy atom. The lowest BCUT2D eigenvalue weighted by molar-refractivity contribution is -0.113. The molecule has 0 unspecified atom stereocenters. The zero-order valence-corrected chi connectivity index (χ0v) is 15.2. The molecule has 0 aliphatic rings. The smallest absolute Gasteiger partial charge is 0.251 e. The van der Waals surface area contributed by atoms with Crippen molar-refractivity contribution in [2.75, 3.05) is 18.2 Å². The Balaban J connectivity index is 1.69. The van der Waals surface area contributed by atoms with E-state index >= 15 is 0 Å². The first-order valence-electron chi connectivity index (χ1n) is 7.32. The van der Waals surface area contributed by atoms with Crippen molar-refractivity contribution in [1.29, 1.82) is 0 Å². The van der Waals surface area contributed by atoms with Crippen LogP contribution >= 0.6 is 23.1 Å². The standard InChI is InChI=1S/C15H14N6O3S2/c1-24-11-5-3-2-4-10(11)21-15(18-19-20-21)26-8-12(22)17-14-9(13(16)23)6-7-25-14/h2-7H,8H2,1H3,(H2,16,23)(H,17,22). The fourth-order valence-corrected chi connectivity index (χ4v) is 3.61. The van der Waals surface area contributed by atoms with Crippen LogP contribution in [0, 0.1) is 0 Å². The zero-order chi connectivity index (χ0) is 18.5.